The third-order valence-corrected chi connectivity index (χ3v) is 5.36. The summed E-state index contributed by atoms with van der Waals surface area (Å²) in [5, 5.41) is 18.4. The lowest BCUT2D eigenvalue weighted by Crippen LogP contribution is -2.04. The van der Waals surface area contributed by atoms with E-state index in [-0.39, 0.29) is 6.42 Å². The Labute approximate surface area is 194 Å². The van der Waals surface area contributed by atoms with Gasteiger partial charge in [0.25, 0.3) is 0 Å². The molecule has 0 aliphatic rings. The van der Waals surface area contributed by atoms with Crippen LogP contribution in [0.4, 0.5) is 0 Å². The topological polar surface area (TPSA) is 96.1 Å². The highest BCUT2D eigenvalue weighted by Gasteiger charge is 2.13. The van der Waals surface area contributed by atoms with E-state index in [2.05, 4.69) is 36.8 Å². The number of hydrogen-bond acceptors (Lipinski definition) is 5. The number of ether oxygens (including phenoxy) is 1. The van der Waals surface area contributed by atoms with Crippen molar-refractivity contribution < 1.29 is 14.6 Å². The van der Waals surface area contributed by atoms with Gasteiger partial charge >= 0.3 is 5.97 Å². The van der Waals surface area contributed by atoms with Crippen LogP contribution < -0.4 is 4.74 Å². The molecule has 0 spiro atoms. The van der Waals surface area contributed by atoms with E-state index < -0.39 is 5.97 Å². The van der Waals surface area contributed by atoms with Gasteiger partial charge in [-0.15, -0.1) is 0 Å². The van der Waals surface area contributed by atoms with Crippen LogP contribution in [0.15, 0.2) is 48.8 Å². The summed E-state index contributed by atoms with van der Waals surface area (Å²) in [6, 6.07) is 13.9. The third kappa shape index (κ3) is 6.17. The molecule has 33 heavy (non-hydrogen) atoms. The maximum Gasteiger partial charge on any atom is 0.303 e. The van der Waals surface area contributed by atoms with Crippen molar-refractivity contribution in [2.75, 3.05) is 6.61 Å². The van der Waals surface area contributed by atoms with Crippen LogP contribution in [-0.4, -0.2) is 27.7 Å². The number of nitriles is 1. The van der Waals surface area contributed by atoms with Gasteiger partial charge in [-0.1, -0.05) is 45.0 Å². The molecule has 0 aliphatic carbocycles. The van der Waals surface area contributed by atoms with Crippen molar-refractivity contribution in [3.05, 3.63) is 65.5 Å². The molecule has 0 saturated carbocycles. The first-order valence-electron chi connectivity index (χ1n) is 11.2. The standard InChI is InChI=1S/C27H29N3O3/c1-4-23-24(7-5-8-25(23)33-12-6-9-26(31)32)22-16-29-27(30-17-22)20-11-10-19(13-18(2)3)21(14-20)15-28/h5,7-8,10-11,14,16-18H,4,6,9,12-13H2,1-3H3,(H,31,32). The van der Waals surface area contributed by atoms with Crippen LogP contribution >= 0.6 is 0 Å². The van der Waals surface area contributed by atoms with E-state index in [0.29, 0.717) is 30.3 Å². The van der Waals surface area contributed by atoms with Gasteiger partial charge in [-0.3, -0.25) is 4.79 Å². The monoisotopic (exact) mass is 443 g/mol. The molecule has 1 heterocycles. The highest BCUT2D eigenvalue weighted by molar-refractivity contribution is 5.70. The summed E-state index contributed by atoms with van der Waals surface area (Å²) in [7, 11) is 0. The minimum Gasteiger partial charge on any atom is -0.493 e. The van der Waals surface area contributed by atoms with Gasteiger partial charge in [0.1, 0.15) is 5.75 Å². The Balaban J connectivity index is 1.83. The summed E-state index contributed by atoms with van der Waals surface area (Å²) in [5.74, 6) is 0.981. The second-order valence-electron chi connectivity index (χ2n) is 8.36. The van der Waals surface area contributed by atoms with Crippen LogP contribution in [0.3, 0.4) is 0 Å². The largest absolute Gasteiger partial charge is 0.493 e. The predicted molar refractivity (Wildman–Crippen MR) is 128 cm³/mol. The number of carboxylic acids is 1. The molecule has 0 amide bonds. The summed E-state index contributed by atoms with van der Waals surface area (Å²) < 4.78 is 5.86. The first kappa shape index (κ1) is 23.9. The fraction of sp³-hybridized carbons (Fsp3) is 0.333. The van der Waals surface area contributed by atoms with Gasteiger partial charge in [0, 0.05) is 35.5 Å². The molecule has 0 fully saturated rings. The van der Waals surface area contributed by atoms with Crippen molar-refractivity contribution in [3.8, 4) is 34.3 Å². The highest BCUT2D eigenvalue weighted by Crippen LogP contribution is 2.31. The average Bonchev–Trinajstić information content (AvgIpc) is 2.81. The van der Waals surface area contributed by atoms with Crippen LogP contribution in [0, 0.1) is 17.2 Å². The number of nitrogens with zero attached hydrogens (tertiary/aromatic N) is 3. The Morgan fingerprint density at radius 1 is 1.15 bits per heavy atom. The number of aliphatic carboxylic acids is 1. The van der Waals surface area contributed by atoms with Crippen molar-refractivity contribution in [2.45, 2.75) is 46.5 Å². The van der Waals surface area contributed by atoms with Gasteiger partial charge in [0.2, 0.25) is 0 Å². The molecular weight excluding hydrogens is 414 g/mol. The fourth-order valence-electron chi connectivity index (χ4n) is 3.80. The highest BCUT2D eigenvalue weighted by atomic mass is 16.5. The van der Waals surface area contributed by atoms with E-state index in [9.17, 15) is 10.1 Å². The lowest BCUT2D eigenvalue weighted by Gasteiger charge is -2.14. The van der Waals surface area contributed by atoms with Crippen LogP contribution in [0.1, 0.15) is 50.3 Å². The zero-order chi connectivity index (χ0) is 23.8. The maximum absolute atomic E-state index is 10.7. The van der Waals surface area contributed by atoms with Crippen LogP contribution in [0.25, 0.3) is 22.5 Å². The minimum atomic E-state index is -0.822. The Morgan fingerprint density at radius 2 is 1.91 bits per heavy atom. The number of aromatic nitrogens is 2. The zero-order valence-corrected chi connectivity index (χ0v) is 19.3. The van der Waals surface area contributed by atoms with E-state index in [0.717, 1.165) is 46.4 Å². The van der Waals surface area contributed by atoms with Crippen molar-refractivity contribution in [2.24, 2.45) is 5.92 Å². The molecule has 0 unspecified atom stereocenters. The second-order valence-corrected chi connectivity index (χ2v) is 8.36. The van der Waals surface area contributed by atoms with E-state index in [1.807, 2.05) is 36.4 Å². The number of carboxylic acid groups (broad SMARTS) is 1. The fourth-order valence-corrected chi connectivity index (χ4v) is 3.80. The van der Waals surface area contributed by atoms with Crippen LogP contribution in [0.5, 0.6) is 5.75 Å². The number of rotatable bonds is 10. The summed E-state index contributed by atoms with van der Waals surface area (Å²) in [5.41, 5.74) is 5.43. The summed E-state index contributed by atoms with van der Waals surface area (Å²) in [6.45, 7) is 6.68. The van der Waals surface area contributed by atoms with Crippen molar-refractivity contribution in [1.29, 1.82) is 5.26 Å². The third-order valence-electron chi connectivity index (χ3n) is 5.36. The molecule has 6 heteroatoms. The minimum absolute atomic E-state index is 0.0857. The Bertz CT molecular complexity index is 1150. The SMILES string of the molecule is CCc1c(OCCCC(=O)O)cccc1-c1cnc(-c2ccc(CC(C)C)c(C#N)c2)nc1. The van der Waals surface area contributed by atoms with E-state index in [1.54, 1.807) is 12.4 Å². The molecule has 0 aliphatic heterocycles. The summed E-state index contributed by atoms with van der Waals surface area (Å²) >= 11 is 0. The first-order valence-corrected chi connectivity index (χ1v) is 11.2. The van der Waals surface area contributed by atoms with Crippen LogP contribution in [-0.2, 0) is 17.6 Å². The smallest absolute Gasteiger partial charge is 0.303 e. The van der Waals surface area contributed by atoms with Crippen molar-refractivity contribution in [3.63, 3.8) is 0 Å². The molecule has 0 atom stereocenters. The molecule has 1 aromatic heterocycles. The molecule has 3 aromatic rings. The molecule has 3 rings (SSSR count). The predicted octanol–water partition coefficient (Wildman–Crippen LogP) is 5.69. The van der Waals surface area contributed by atoms with Gasteiger partial charge < -0.3 is 9.84 Å². The molecule has 0 saturated heterocycles. The van der Waals surface area contributed by atoms with E-state index in [1.165, 1.54) is 0 Å². The van der Waals surface area contributed by atoms with Crippen molar-refractivity contribution in [1.82, 2.24) is 9.97 Å². The van der Waals surface area contributed by atoms with Crippen molar-refractivity contribution >= 4 is 5.97 Å². The summed E-state index contributed by atoms with van der Waals surface area (Å²) in [4.78, 5) is 19.8. The van der Waals surface area contributed by atoms with E-state index >= 15 is 0 Å². The summed E-state index contributed by atoms with van der Waals surface area (Å²) in [6.07, 6.45) is 5.74. The maximum atomic E-state index is 10.7. The lowest BCUT2D eigenvalue weighted by molar-refractivity contribution is -0.137. The normalized spacial score (nSPS) is 10.8. The molecule has 6 nitrogen and oxygen atoms in total. The Kier molecular flexibility index (Phi) is 8.15. The molecule has 0 radical (unpaired) electrons. The molecule has 0 bridgehead atoms. The van der Waals surface area contributed by atoms with Gasteiger partial charge in [-0.25, -0.2) is 9.97 Å². The van der Waals surface area contributed by atoms with Gasteiger partial charge in [0.05, 0.1) is 18.2 Å². The molecule has 170 valence electrons. The number of benzene rings is 2. The van der Waals surface area contributed by atoms with Gasteiger partial charge in [0.15, 0.2) is 5.82 Å². The van der Waals surface area contributed by atoms with E-state index in [4.69, 9.17) is 9.84 Å². The second kappa shape index (κ2) is 11.2. The molecule has 2 aromatic carbocycles. The average molecular weight is 444 g/mol. The number of hydrogen-bond donors (Lipinski definition) is 1. The Morgan fingerprint density at radius 3 is 2.55 bits per heavy atom. The molecular formula is C27H29N3O3. The quantitative estimate of drug-likeness (QED) is 0.405. The van der Waals surface area contributed by atoms with Gasteiger partial charge in [-0.05, 0) is 48.4 Å². The molecule has 1 N–H and O–H groups in total. The lowest BCUT2D eigenvalue weighted by atomic mass is 9.96. The number of carbonyl (C=O) groups is 1. The Hall–Kier alpha value is -3.72. The zero-order valence-electron chi connectivity index (χ0n) is 19.3. The van der Waals surface area contributed by atoms with Crippen LogP contribution in [0.2, 0.25) is 0 Å². The first-order chi connectivity index (χ1) is 15.9. The van der Waals surface area contributed by atoms with Gasteiger partial charge in [-0.2, -0.15) is 5.26 Å².